The summed E-state index contributed by atoms with van der Waals surface area (Å²) < 4.78 is 0. The number of nitrogens with zero attached hydrogens (tertiary/aromatic N) is 1. The van der Waals surface area contributed by atoms with E-state index in [0.717, 1.165) is 18.5 Å². The van der Waals surface area contributed by atoms with Gasteiger partial charge in [-0.25, -0.2) is 4.79 Å². The average molecular weight is 239 g/mol. The van der Waals surface area contributed by atoms with Crippen molar-refractivity contribution < 1.29 is 4.79 Å². The van der Waals surface area contributed by atoms with Crippen LogP contribution in [0.15, 0.2) is 24.3 Å². The molecule has 0 bridgehead atoms. The summed E-state index contributed by atoms with van der Waals surface area (Å²) in [6.07, 6.45) is 2.20. The fourth-order valence-electron chi connectivity index (χ4n) is 1.54. The summed E-state index contributed by atoms with van der Waals surface area (Å²) in [5.74, 6) is 0. The van der Waals surface area contributed by atoms with Crippen LogP contribution in [0.5, 0.6) is 0 Å². The maximum absolute atomic E-state index is 11.9. The van der Waals surface area contributed by atoms with Gasteiger partial charge in [-0.2, -0.15) is 0 Å². The van der Waals surface area contributed by atoms with Crippen molar-refractivity contribution in [3.05, 3.63) is 29.3 Å². The summed E-state index contributed by atoms with van der Waals surface area (Å²) in [4.78, 5) is 13.6. The zero-order valence-electron chi connectivity index (χ0n) is 9.24. The molecule has 3 nitrogen and oxygen atoms in total. The first-order valence-corrected chi connectivity index (χ1v) is 5.92. The molecule has 1 fully saturated rings. The lowest BCUT2D eigenvalue weighted by Crippen LogP contribution is -2.40. The minimum absolute atomic E-state index is 0.0210. The standard InChI is InChI=1S/C12H15ClN2O/c1-2-15(12(16)14-10-5-6-10)11-7-3-9(13)4-8-11/h3-4,7-8,10H,2,5-6H2,1H3,(H,14,16). The molecule has 4 heteroatoms. The fourth-order valence-corrected chi connectivity index (χ4v) is 1.67. The molecule has 0 spiro atoms. The second kappa shape index (κ2) is 4.74. The van der Waals surface area contributed by atoms with Crippen molar-refractivity contribution in [1.29, 1.82) is 0 Å². The van der Waals surface area contributed by atoms with Crippen molar-refractivity contribution in [2.24, 2.45) is 0 Å². The van der Waals surface area contributed by atoms with Crippen LogP contribution in [0.2, 0.25) is 5.02 Å². The van der Waals surface area contributed by atoms with Gasteiger partial charge in [0.25, 0.3) is 0 Å². The van der Waals surface area contributed by atoms with Crippen LogP contribution in [0.25, 0.3) is 0 Å². The summed E-state index contributed by atoms with van der Waals surface area (Å²) >= 11 is 5.81. The van der Waals surface area contributed by atoms with E-state index >= 15 is 0 Å². The van der Waals surface area contributed by atoms with E-state index < -0.39 is 0 Å². The van der Waals surface area contributed by atoms with Gasteiger partial charge < -0.3 is 5.32 Å². The van der Waals surface area contributed by atoms with Crippen molar-refractivity contribution >= 4 is 23.3 Å². The number of carbonyl (C=O) groups excluding carboxylic acids is 1. The van der Waals surface area contributed by atoms with Crippen LogP contribution in [0.4, 0.5) is 10.5 Å². The lowest BCUT2D eigenvalue weighted by atomic mass is 10.3. The van der Waals surface area contributed by atoms with E-state index in [0.29, 0.717) is 17.6 Å². The highest BCUT2D eigenvalue weighted by Crippen LogP contribution is 2.21. The maximum Gasteiger partial charge on any atom is 0.322 e. The fraction of sp³-hybridized carbons (Fsp3) is 0.417. The zero-order chi connectivity index (χ0) is 11.5. The van der Waals surface area contributed by atoms with E-state index in [-0.39, 0.29) is 6.03 Å². The molecule has 0 aliphatic heterocycles. The van der Waals surface area contributed by atoms with Crippen LogP contribution in [0, 0.1) is 0 Å². The van der Waals surface area contributed by atoms with Crippen LogP contribution < -0.4 is 10.2 Å². The number of amides is 2. The van der Waals surface area contributed by atoms with Crippen molar-refractivity contribution in [2.45, 2.75) is 25.8 Å². The van der Waals surface area contributed by atoms with E-state index in [1.165, 1.54) is 0 Å². The lowest BCUT2D eigenvalue weighted by molar-refractivity contribution is 0.246. The van der Waals surface area contributed by atoms with E-state index in [4.69, 9.17) is 11.6 Å². The molecule has 1 N–H and O–H groups in total. The van der Waals surface area contributed by atoms with Gasteiger partial charge in [-0.3, -0.25) is 4.90 Å². The molecule has 1 aliphatic rings. The second-order valence-corrected chi connectivity index (χ2v) is 4.38. The van der Waals surface area contributed by atoms with Gasteiger partial charge in [-0.1, -0.05) is 11.6 Å². The molecule has 0 radical (unpaired) electrons. The largest absolute Gasteiger partial charge is 0.335 e. The second-order valence-electron chi connectivity index (χ2n) is 3.94. The van der Waals surface area contributed by atoms with Crippen LogP contribution >= 0.6 is 11.6 Å². The highest BCUT2D eigenvalue weighted by atomic mass is 35.5. The number of carbonyl (C=O) groups is 1. The Morgan fingerprint density at radius 3 is 2.56 bits per heavy atom. The van der Waals surface area contributed by atoms with Gasteiger partial charge >= 0.3 is 6.03 Å². The van der Waals surface area contributed by atoms with E-state index in [9.17, 15) is 4.79 Å². The molecule has 0 saturated heterocycles. The molecular weight excluding hydrogens is 224 g/mol. The molecule has 1 aromatic rings. The van der Waals surface area contributed by atoms with E-state index in [2.05, 4.69) is 5.32 Å². The lowest BCUT2D eigenvalue weighted by Gasteiger charge is -2.21. The number of nitrogens with one attached hydrogen (secondary N) is 1. The molecule has 0 heterocycles. The van der Waals surface area contributed by atoms with Crippen LogP contribution in [0.3, 0.4) is 0 Å². The van der Waals surface area contributed by atoms with Crippen molar-refractivity contribution in [3.8, 4) is 0 Å². The van der Waals surface area contributed by atoms with Gasteiger partial charge in [0.05, 0.1) is 0 Å². The Bertz CT molecular complexity index is 373. The highest BCUT2D eigenvalue weighted by Gasteiger charge is 2.25. The summed E-state index contributed by atoms with van der Waals surface area (Å²) in [5, 5.41) is 3.65. The third kappa shape index (κ3) is 2.67. The monoisotopic (exact) mass is 238 g/mol. The van der Waals surface area contributed by atoms with Crippen molar-refractivity contribution in [1.82, 2.24) is 5.32 Å². The topological polar surface area (TPSA) is 32.3 Å². The molecule has 0 aromatic heterocycles. The maximum atomic E-state index is 11.9. The summed E-state index contributed by atoms with van der Waals surface area (Å²) in [6.45, 7) is 2.61. The first-order valence-electron chi connectivity index (χ1n) is 5.54. The predicted octanol–water partition coefficient (Wildman–Crippen LogP) is 3.04. The van der Waals surface area contributed by atoms with Gasteiger partial charge in [-0.15, -0.1) is 0 Å². The molecule has 0 atom stereocenters. The third-order valence-corrected chi connectivity index (χ3v) is 2.86. The smallest absolute Gasteiger partial charge is 0.322 e. The number of urea groups is 1. The van der Waals surface area contributed by atoms with Gasteiger partial charge in [0.15, 0.2) is 0 Å². The Balaban J connectivity index is 2.07. The van der Waals surface area contributed by atoms with Crippen LogP contribution in [-0.4, -0.2) is 18.6 Å². The molecule has 16 heavy (non-hydrogen) atoms. The minimum Gasteiger partial charge on any atom is -0.335 e. The summed E-state index contributed by atoms with van der Waals surface area (Å²) in [7, 11) is 0. The number of anilines is 1. The Morgan fingerprint density at radius 1 is 1.44 bits per heavy atom. The molecule has 1 saturated carbocycles. The van der Waals surface area contributed by atoms with Crippen molar-refractivity contribution in [3.63, 3.8) is 0 Å². The molecule has 2 rings (SSSR count). The normalized spacial score (nSPS) is 14.6. The van der Waals surface area contributed by atoms with Gasteiger partial charge in [0.2, 0.25) is 0 Å². The van der Waals surface area contributed by atoms with Gasteiger partial charge in [-0.05, 0) is 44.0 Å². The number of halogens is 1. The quantitative estimate of drug-likeness (QED) is 0.863. The molecule has 1 aliphatic carbocycles. The Kier molecular flexibility index (Phi) is 3.34. The Labute approximate surface area is 100 Å². The Morgan fingerprint density at radius 2 is 2.06 bits per heavy atom. The third-order valence-electron chi connectivity index (χ3n) is 2.60. The molecule has 2 amide bonds. The molecular formula is C12H15ClN2O. The number of rotatable bonds is 3. The molecule has 86 valence electrons. The molecule has 0 unspecified atom stereocenters. The van der Waals surface area contributed by atoms with Crippen LogP contribution in [0.1, 0.15) is 19.8 Å². The average Bonchev–Trinajstić information content (AvgIpc) is 3.06. The summed E-state index contributed by atoms with van der Waals surface area (Å²) in [5.41, 5.74) is 0.880. The van der Waals surface area contributed by atoms with Crippen molar-refractivity contribution in [2.75, 3.05) is 11.4 Å². The van der Waals surface area contributed by atoms with E-state index in [1.807, 2.05) is 19.1 Å². The minimum atomic E-state index is -0.0210. The zero-order valence-corrected chi connectivity index (χ0v) is 10.00. The Hall–Kier alpha value is -1.22. The number of hydrogen-bond acceptors (Lipinski definition) is 1. The number of benzene rings is 1. The number of hydrogen-bond donors (Lipinski definition) is 1. The highest BCUT2D eigenvalue weighted by molar-refractivity contribution is 6.30. The first-order chi connectivity index (χ1) is 7.70. The summed E-state index contributed by atoms with van der Waals surface area (Å²) in [6, 6.07) is 7.67. The predicted molar refractivity (Wildman–Crippen MR) is 66.0 cm³/mol. The SMILES string of the molecule is CCN(C(=O)NC1CC1)c1ccc(Cl)cc1. The van der Waals surface area contributed by atoms with Gasteiger partial charge in [0.1, 0.15) is 0 Å². The van der Waals surface area contributed by atoms with E-state index in [1.54, 1.807) is 17.0 Å². The molecule has 1 aromatic carbocycles. The van der Waals surface area contributed by atoms with Crippen LogP contribution in [-0.2, 0) is 0 Å². The first kappa shape index (κ1) is 11.3. The van der Waals surface area contributed by atoms with Gasteiger partial charge in [0, 0.05) is 23.3 Å².